The van der Waals surface area contributed by atoms with Crippen molar-refractivity contribution in [3.63, 3.8) is 0 Å². The van der Waals surface area contributed by atoms with Crippen molar-refractivity contribution in [2.75, 3.05) is 0 Å². The van der Waals surface area contributed by atoms with Crippen molar-refractivity contribution in [1.29, 1.82) is 0 Å². The molecule has 2 aromatic heterocycles. The highest BCUT2D eigenvalue weighted by Crippen LogP contribution is 2.14. The molecular formula is C10H10O2. The van der Waals surface area contributed by atoms with Crippen LogP contribution in [0.3, 0.4) is 0 Å². The zero-order valence-corrected chi connectivity index (χ0v) is 6.91. The molecule has 0 bridgehead atoms. The van der Waals surface area contributed by atoms with E-state index in [0.717, 1.165) is 17.9 Å². The predicted octanol–water partition coefficient (Wildman–Crippen LogP) is 2.77. The van der Waals surface area contributed by atoms with Gasteiger partial charge < -0.3 is 8.83 Å². The van der Waals surface area contributed by atoms with Crippen molar-refractivity contribution >= 4 is 0 Å². The molecule has 0 amide bonds. The first-order chi connectivity index (χ1) is 5.86. The molecular weight excluding hydrogens is 152 g/mol. The van der Waals surface area contributed by atoms with Gasteiger partial charge in [0, 0.05) is 12.0 Å². The largest absolute Gasteiger partial charge is 0.469 e. The average molecular weight is 162 g/mol. The minimum atomic E-state index is 0.815. The maximum Gasteiger partial charge on any atom is 0.108 e. The number of rotatable bonds is 2. The molecule has 0 aliphatic carbocycles. The molecule has 0 unspecified atom stereocenters. The molecule has 0 aromatic carbocycles. The van der Waals surface area contributed by atoms with Crippen LogP contribution in [0.5, 0.6) is 0 Å². The summed E-state index contributed by atoms with van der Waals surface area (Å²) in [6.07, 6.45) is 4.20. The average Bonchev–Trinajstić information content (AvgIpc) is 2.65. The predicted molar refractivity (Wildman–Crippen MR) is 45.0 cm³/mol. The summed E-state index contributed by atoms with van der Waals surface area (Å²) in [7, 11) is 0. The van der Waals surface area contributed by atoms with Gasteiger partial charge in [-0.25, -0.2) is 0 Å². The molecule has 2 heteroatoms. The Morgan fingerprint density at radius 1 is 1.17 bits per heavy atom. The Morgan fingerprint density at radius 2 is 2.08 bits per heavy atom. The molecule has 0 aliphatic heterocycles. The lowest BCUT2D eigenvalue weighted by molar-refractivity contribution is 0.510. The standard InChI is InChI=1S/C10H10O2/c1-8-9(4-6-11-8)7-10-3-2-5-12-10/h2-6H,7H2,1H3. The van der Waals surface area contributed by atoms with Gasteiger partial charge in [-0.15, -0.1) is 0 Å². The third-order valence-electron chi connectivity index (χ3n) is 1.91. The van der Waals surface area contributed by atoms with Crippen LogP contribution >= 0.6 is 0 Å². The fraction of sp³-hybridized carbons (Fsp3) is 0.200. The molecule has 12 heavy (non-hydrogen) atoms. The molecule has 2 nitrogen and oxygen atoms in total. The van der Waals surface area contributed by atoms with Gasteiger partial charge in [-0.2, -0.15) is 0 Å². The summed E-state index contributed by atoms with van der Waals surface area (Å²) in [5, 5.41) is 0. The molecule has 0 atom stereocenters. The SMILES string of the molecule is Cc1occc1Cc1ccco1. The van der Waals surface area contributed by atoms with Gasteiger partial charge in [0.25, 0.3) is 0 Å². The van der Waals surface area contributed by atoms with Gasteiger partial charge in [-0.1, -0.05) is 0 Å². The van der Waals surface area contributed by atoms with E-state index in [2.05, 4.69) is 0 Å². The van der Waals surface area contributed by atoms with E-state index in [4.69, 9.17) is 8.83 Å². The van der Waals surface area contributed by atoms with Gasteiger partial charge in [0.2, 0.25) is 0 Å². The minimum Gasteiger partial charge on any atom is -0.469 e. The lowest BCUT2D eigenvalue weighted by Gasteiger charge is -1.93. The molecule has 0 spiro atoms. The van der Waals surface area contributed by atoms with Gasteiger partial charge in [0.1, 0.15) is 11.5 Å². The summed E-state index contributed by atoms with van der Waals surface area (Å²) in [6, 6.07) is 5.83. The molecule has 2 aromatic rings. The molecule has 2 rings (SSSR count). The van der Waals surface area contributed by atoms with Gasteiger partial charge in [0.05, 0.1) is 12.5 Å². The summed E-state index contributed by atoms with van der Waals surface area (Å²) >= 11 is 0. The van der Waals surface area contributed by atoms with Crippen molar-refractivity contribution in [1.82, 2.24) is 0 Å². The Morgan fingerprint density at radius 3 is 2.67 bits per heavy atom. The van der Waals surface area contributed by atoms with Crippen molar-refractivity contribution in [3.8, 4) is 0 Å². The normalized spacial score (nSPS) is 10.4. The smallest absolute Gasteiger partial charge is 0.108 e. The molecule has 0 saturated heterocycles. The lowest BCUT2D eigenvalue weighted by atomic mass is 10.1. The first kappa shape index (κ1) is 7.22. The second kappa shape index (κ2) is 2.89. The van der Waals surface area contributed by atoms with Crippen LogP contribution in [0.25, 0.3) is 0 Å². The van der Waals surface area contributed by atoms with E-state index in [9.17, 15) is 0 Å². The topological polar surface area (TPSA) is 26.3 Å². The van der Waals surface area contributed by atoms with Crippen LogP contribution < -0.4 is 0 Å². The molecule has 0 fully saturated rings. The Hall–Kier alpha value is -1.44. The summed E-state index contributed by atoms with van der Waals surface area (Å²) in [5.74, 6) is 1.94. The molecule has 0 radical (unpaired) electrons. The van der Waals surface area contributed by atoms with E-state index in [1.165, 1.54) is 5.56 Å². The number of hydrogen-bond donors (Lipinski definition) is 0. The molecule has 2 heterocycles. The van der Waals surface area contributed by atoms with Crippen molar-refractivity contribution in [2.24, 2.45) is 0 Å². The number of aryl methyl sites for hydroxylation is 1. The van der Waals surface area contributed by atoms with Crippen molar-refractivity contribution in [2.45, 2.75) is 13.3 Å². The summed E-state index contributed by atoms with van der Waals surface area (Å²) in [4.78, 5) is 0. The van der Waals surface area contributed by atoms with E-state index in [1.807, 2.05) is 25.1 Å². The third kappa shape index (κ3) is 1.28. The second-order valence-corrected chi connectivity index (χ2v) is 2.76. The Kier molecular flexibility index (Phi) is 1.74. The van der Waals surface area contributed by atoms with E-state index in [0.29, 0.717) is 0 Å². The zero-order valence-electron chi connectivity index (χ0n) is 6.91. The van der Waals surface area contributed by atoms with Gasteiger partial charge in [-0.3, -0.25) is 0 Å². The highest BCUT2D eigenvalue weighted by molar-refractivity contribution is 5.21. The highest BCUT2D eigenvalue weighted by atomic mass is 16.3. The van der Waals surface area contributed by atoms with Crippen LogP contribution in [-0.2, 0) is 6.42 Å². The maximum atomic E-state index is 5.22. The molecule has 0 saturated carbocycles. The summed E-state index contributed by atoms with van der Waals surface area (Å²) in [5.41, 5.74) is 1.19. The fourth-order valence-corrected chi connectivity index (χ4v) is 1.20. The van der Waals surface area contributed by atoms with E-state index < -0.39 is 0 Å². The Labute approximate surface area is 70.8 Å². The van der Waals surface area contributed by atoms with E-state index >= 15 is 0 Å². The van der Waals surface area contributed by atoms with Crippen LogP contribution in [0.15, 0.2) is 39.6 Å². The van der Waals surface area contributed by atoms with Crippen LogP contribution in [0.4, 0.5) is 0 Å². The highest BCUT2D eigenvalue weighted by Gasteiger charge is 2.03. The van der Waals surface area contributed by atoms with Gasteiger partial charge in [-0.05, 0) is 25.1 Å². The van der Waals surface area contributed by atoms with Crippen molar-refractivity contribution in [3.05, 3.63) is 47.8 Å². The monoisotopic (exact) mass is 162 g/mol. The van der Waals surface area contributed by atoms with Crippen LogP contribution in [0.2, 0.25) is 0 Å². The summed E-state index contributed by atoms with van der Waals surface area (Å²) in [6.45, 7) is 1.96. The maximum absolute atomic E-state index is 5.22. The molecule has 0 aliphatic rings. The van der Waals surface area contributed by atoms with E-state index in [-0.39, 0.29) is 0 Å². The van der Waals surface area contributed by atoms with Crippen molar-refractivity contribution < 1.29 is 8.83 Å². The minimum absolute atomic E-state index is 0.815. The molecule has 62 valence electrons. The Bertz CT molecular complexity index is 344. The first-order valence-corrected chi connectivity index (χ1v) is 3.91. The lowest BCUT2D eigenvalue weighted by Crippen LogP contribution is -1.84. The number of hydrogen-bond acceptors (Lipinski definition) is 2. The van der Waals surface area contributed by atoms with Crippen LogP contribution in [0, 0.1) is 6.92 Å². The molecule has 0 N–H and O–H groups in total. The third-order valence-corrected chi connectivity index (χ3v) is 1.91. The van der Waals surface area contributed by atoms with E-state index in [1.54, 1.807) is 12.5 Å². The van der Waals surface area contributed by atoms with Gasteiger partial charge in [0.15, 0.2) is 0 Å². The van der Waals surface area contributed by atoms with Gasteiger partial charge >= 0.3 is 0 Å². The fourth-order valence-electron chi connectivity index (χ4n) is 1.20. The number of furan rings is 2. The van der Waals surface area contributed by atoms with Crippen LogP contribution in [-0.4, -0.2) is 0 Å². The first-order valence-electron chi connectivity index (χ1n) is 3.91. The Balaban J connectivity index is 2.20. The van der Waals surface area contributed by atoms with Crippen LogP contribution in [0.1, 0.15) is 17.1 Å². The second-order valence-electron chi connectivity index (χ2n) is 2.76. The summed E-state index contributed by atoms with van der Waals surface area (Å²) < 4.78 is 10.4. The quantitative estimate of drug-likeness (QED) is 0.678. The zero-order chi connectivity index (χ0) is 8.39.